The molecule has 0 fully saturated rings. The predicted octanol–water partition coefficient (Wildman–Crippen LogP) is 5.84. The molecule has 0 aliphatic rings. The standard InChI is InChI=1S/C17H20ClO5PS2/c1-3-13-25-24(19,22-4-2)23-15-7-11-17(12-8-15)26(20,21)16-9-5-14(18)6-10-16/h5-12H,3-4,13H2,1-2H3. The summed E-state index contributed by atoms with van der Waals surface area (Å²) in [5.41, 5.74) is 0. The molecule has 0 bridgehead atoms. The van der Waals surface area contributed by atoms with Crippen molar-refractivity contribution in [1.29, 1.82) is 0 Å². The van der Waals surface area contributed by atoms with Crippen LogP contribution in [0, 0.1) is 0 Å². The first kappa shape index (κ1) is 21.3. The van der Waals surface area contributed by atoms with Crippen LogP contribution in [0.5, 0.6) is 5.75 Å². The number of hydrogen-bond acceptors (Lipinski definition) is 6. The number of halogens is 1. The van der Waals surface area contributed by atoms with Crippen molar-refractivity contribution in [2.75, 3.05) is 12.4 Å². The van der Waals surface area contributed by atoms with Crippen LogP contribution in [0.2, 0.25) is 5.02 Å². The van der Waals surface area contributed by atoms with Gasteiger partial charge in [0.1, 0.15) is 5.75 Å². The van der Waals surface area contributed by atoms with E-state index >= 15 is 0 Å². The Morgan fingerprint density at radius 2 is 1.54 bits per heavy atom. The van der Waals surface area contributed by atoms with Gasteiger partial charge in [0.15, 0.2) is 0 Å². The highest BCUT2D eigenvalue weighted by atomic mass is 35.5. The van der Waals surface area contributed by atoms with E-state index in [0.29, 0.717) is 16.5 Å². The maximum atomic E-state index is 12.7. The lowest BCUT2D eigenvalue weighted by molar-refractivity contribution is 0.296. The van der Waals surface area contributed by atoms with Gasteiger partial charge in [-0.25, -0.2) is 13.0 Å². The summed E-state index contributed by atoms with van der Waals surface area (Å²) in [6.07, 6.45) is 0.837. The molecule has 0 aromatic heterocycles. The molecule has 142 valence electrons. The highest BCUT2D eigenvalue weighted by Gasteiger charge is 2.27. The molecule has 0 saturated carbocycles. The fraction of sp³-hybridized carbons (Fsp3) is 0.294. The van der Waals surface area contributed by atoms with Crippen LogP contribution in [0.25, 0.3) is 0 Å². The Labute approximate surface area is 163 Å². The van der Waals surface area contributed by atoms with Crippen molar-refractivity contribution in [1.82, 2.24) is 0 Å². The first-order valence-electron chi connectivity index (χ1n) is 8.00. The second-order valence-electron chi connectivity index (χ2n) is 5.22. The third-order valence-corrected chi connectivity index (χ3v) is 9.21. The van der Waals surface area contributed by atoms with E-state index in [-0.39, 0.29) is 16.4 Å². The molecule has 2 aromatic rings. The Hall–Kier alpha value is -0.980. The van der Waals surface area contributed by atoms with Crippen molar-refractivity contribution in [3.8, 4) is 5.75 Å². The van der Waals surface area contributed by atoms with Gasteiger partial charge in [0, 0.05) is 10.8 Å². The van der Waals surface area contributed by atoms with Crippen molar-refractivity contribution in [3.05, 3.63) is 53.6 Å². The predicted molar refractivity (Wildman–Crippen MR) is 106 cm³/mol. The van der Waals surface area contributed by atoms with E-state index in [1.165, 1.54) is 48.5 Å². The summed E-state index contributed by atoms with van der Waals surface area (Å²) in [5.74, 6) is 0.931. The molecule has 1 atom stereocenters. The van der Waals surface area contributed by atoms with Gasteiger partial charge in [-0.2, -0.15) is 0 Å². The summed E-state index contributed by atoms with van der Waals surface area (Å²) in [4.78, 5) is 0.258. The number of benzene rings is 2. The molecule has 0 aliphatic carbocycles. The van der Waals surface area contributed by atoms with Gasteiger partial charge in [-0.3, -0.25) is 4.52 Å². The molecule has 9 heteroatoms. The van der Waals surface area contributed by atoms with Crippen molar-refractivity contribution < 1.29 is 22.0 Å². The summed E-state index contributed by atoms with van der Waals surface area (Å²) < 4.78 is 48.7. The Balaban J connectivity index is 2.21. The van der Waals surface area contributed by atoms with E-state index in [4.69, 9.17) is 20.6 Å². The highest BCUT2D eigenvalue weighted by molar-refractivity contribution is 8.55. The Kier molecular flexibility index (Phi) is 7.62. The van der Waals surface area contributed by atoms with Crippen LogP contribution in [-0.2, 0) is 18.9 Å². The van der Waals surface area contributed by atoms with Crippen LogP contribution in [0.3, 0.4) is 0 Å². The lowest BCUT2D eigenvalue weighted by atomic mass is 10.3. The fourth-order valence-corrected chi connectivity index (χ4v) is 6.85. The Morgan fingerprint density at radius 3 is 2.04 bits per heavy atom. The zero-order valence-electron chi connectivity index (χ0n) is 14.4. The molecule has 2 aromatic carbocycles. The molecule has 26 heavy (non-hydrogen) atoms. The molecule has 0 saturated heterocycles. The largest absolute Gasteiger partial charge is 0.440 e. The molecule has 0 spiro atoms. The summed E-state index contributed by atoms with van der Waals surface area (Å²) in [7, 11) is -3.66. The first-order chi connectivity index (χ1) is 12.3. The second kappa shape index (κ2) is 9.29. The summed E-state index contributed by atoms with van der Waals surface area (Å²) >= 11 is 6.93. The van der Waals surface area contributed by atoms with Gasteiger partial charge in [-0.05, 0) is 73.3 Å². The third-order valence-electron chi connectivity index (χ3n) is 3.22. The van der Waals surface area contributed by atoms with E-state index in [1.807, 2.05) is 6.92 Å². The summed E-state index contributed by atoms with van der Waals surface area (Å²) in [6.45, 7) is 0.649. The zero-order valence-corrected chi connectivity index (χ0v) is 17.7. The molecule has 0 aliphatic heterocycles. The van der Waals surface area contributed by atoms with Crippen LogP contribution in [0.15, 0.2) is 58.3 Å². The normalized spacial score (nSPS) is 14.0. The van der Waals surface area contributed by atoms with Crippen LogP contribution < -0.4 is 4.52 Å². The first-order valence-corrected chi connectivity index (χ1v) is 13.0. The Bertz CT molecular complexity index is 867. The minimum atomic E-state index is -3.66. The SMILES string of the molecule is CCCSP(=O)(OCC)Oc1ccc(S(=O)(=O)c2ccc(Cl)cc2)cc1. The van der Waals surface area contributed by atoms with Gasteiger partial charge in [0.25, 0.3) is 0 Å². The maximum absolute atomic E-state index is 12.7. The molecule has 0 amide bonds. The quantitative estimate of drug-likeness (QED) is 0.462. The van der Waals surface area contributed by atoms with Gasteiger partial charge in [0.2, 0.25) is 9.84 Å². The highest BCUT2D eigenvalue weighted by Crippen LogP contribution is 2.60. The second-order valence-corrected chi connectivity index (χ2v) is 11.7. The molecular weight excluding hydrogens is 415 g/mol. The van der Waals surface area contributed by atoms with E-state index in [0.717, 1.165) is 17.8 Å². The van der Waals surface area contributed by atoms with E-state index in [1.54, 1.807) is 6.92 Å². The molecule has 0 heterocycles. The zero-order chi connectivity index (χ0) is 19.2. The maximum Gasteiger partial charge on any atom is 0.440 e. The molecule has 5 nitrogen and oxygen atoms in total. The van der Waals surface area contributed by atoms with Crippen molar-refractivity contribution in [3.63, 3.8) is 0 Å². The van der Waals surface area contributed by atoms with Crippen molar-refractivity contribution in [2.45, 2.75) is 30.1 Å². The van der Waals surface area contributed by atoms with Crippen LogP contribution in [0.1, 0.15) is 20.3 Å². The van der Waals surface area contributed by atoms with Gasteiger partial charge >= 0.3 is 6.80 Å². The topological polar surface area (TPSA) is 69.7 Å². The minimum Gasteiger partial charge on any atom is -0.417 e. The monoisotopic (exact) mass is 434 g/mol. The minimum absolute atomic E-state index is 0.111. The van der Waals surface area contributed by atoms with Crippen LogP contribution in [0.4, 0.5) is 0 Å². The van der Waals surface area contributed by atoms with Crippen molar-refractivity contribution >= 4 is 39.6 Å². The van der Waals surface area contributed by atoms with Gasteiger partial charge < -0.3 is 4.52 Å². The van der Waals surface area contributed by atoms with Gasteiger partial charge in [0.05, 0.1) is 16.4 Å². The molecular formula is C17H20ClO5PS2. The van der Waals surface area contributed by atoms with Gasteiger partial charge in [-0.1, -0.05) is 18.5 Å². The lowest BCUT2D eigenvalue weighted by Gasteiger charge is -2.17. The molecule has 0 radical (unpaired) electrons. The lowest BCUT2D eigenvalue weighted by Crippen LogP contribution is -2.02. The number of sulfone groups is 1. The number of rotatable bonds is 9. The fourth-order valence-electron chi connectivity index (χ4n) is 2.01. The third kappa shape index (κ3) is 5.51. The average molecular weight is 435 g/mol. The molecule has 0 N–H and O–H groups in total. The average Bonchev–Trinajstić information content (AvgIpc) is 2.61. The van der Waals surface area contributed by atoms with E-state index in [9.17, 15) is 13.0 Å². The van der Waals surface area contributed by atoms with E-state index in [2.05, 4.69) is 0 Å². The Morgan fingerprint density at radius 1 is 1.00 bits per heavy atom. The molecule has 2 rings (SSSR count). The van der Waals surface area contributed by atoms with Crippen LogP contribution in [-0.4, -0.2) is 20.8 Å². The van der Waals surface area contributed by atoms with E-state index < -0.39 is 16.6 Å². The summed E-state index contributed by atoms with van der Waals surface area (Å²) in [6, 6.07) is 11.7. The summed E-state index contributed by atoms with van der Waals surface area (Å²) in [5, 5.41) is 0.462. The van der Waals surface area contributed by atoms with Crippen LogP contribution >= 0.6 is 29.8 Å². The van der Waals surface area contributed by atoms with Gasteiger partial charge in [-0.15, -0.1) is 0 Å². The number of hydrogen-bond donors (Lipinski definition) is 0. The molecule has 1 unspecified atom stereocenters. The van der Waals surface area contributed by atoms with Crippen molar-refractivity contribution in [2.24, 2.45) is 0 Å². The smallest absolute Gasteiger partial charge is 0.417 e.